The monoisotopic (exact) mass is 255 g/mol. The van der Waals surface area contributed by atoms with E-state index in [9.17, 15) is 5.11 Å². The molecule has 0 saturated heterocycles. The van der Waals surface area contributed by atoms with Crippen molar-refractivity contribution in [3.8, 4) is 5.75 Å². The molecule has 2 aromatic carbocycles. The van der Waals surface area contributed by atoms with Gasteiger partial charge in [0.1, 0.15) is 5.75 Å². The van der Waals surface area contributed by atoms with Crippen molar-refractivity contribution in [2.75, 3.05) is 6.54 Å². The molecule has 1 unspecified atom stereocenters. The van der Waals surface area contributed by atoms with Crippen LogP contribution in [0, 0.1) is 0 Å². The van der Waals surface area contributed by atoms with Crippen LogP contribution in [-0.4, -0.2) is 17.7 Å². The summed E-state index contributed by atoms with van der Waals surface area (Å²) in [4.78, 5) is 0. The second kappa shape index (κ2) is 6.95. The lowest BCUT2D eigenvalue weighted by Gasteiger charge is -2.13. The number of benzene rings is 2. The summed E-state index contributed by atoms with van der Waals surface area (Å²) in [5.74, 6) is 0.328. The normalized spacial score (nSPS) is 12.3. The molecule has 0 aliphatic rings. The number of hydrogen-bond donors (Lipinski definition) is 2. The van der Waals surface area contributed by atoms with E-state index in [1.807, 2.05) is 18.2 Å². The fourth-order valence-electron chi connectivity index (χ4n) is 2.17. The maximum Gasteiger partial charge on any atom is 0.115 e. The molecule has 0 fully saturated rings. The molecule has 0 heterocycles. The Hall–Kier alpha value is -1.80. The van der Waals surface area contributed by atoms with Gasteiger partial charge in [0.05, 0.1) is 0 Å². The summed E-state index contributed by atoms with van der Waals surface area (Å²) in [6, 6.07) is 18.4. The highest BCUT2D eigenvalue weighted by atomic mass is 16.3. The topological polar surface area (TPSA) is 32.3 Å². The van der Waals surface area contributed by atoms with Crippen LogP contribution in [0.25, 0.3) is 0 Å². The van der Waals surface area contributed by atoms with Crippen LogP contribution < -0.4 is 5.32 Å². The summed E-state index contributed by atoms with van der Waals surface area (Å²) in [5, 5.41) is 12.8. The van der Waals surface area contributed by atoms with Crippen LogP contribution >= 0.6 is 0 Å². The molecule has 2 heteroatoms. The van der Waals surface area contributed by atoms with Crippen LogP contribution in [0.1, 0.15) is 18.1 Å². The third-order valence-corrected chi connectivity index (χ3v) is 3.23. The maximum absolute atomic E-state index is 9.22. The first-order valence-electron chi connectivity index (χ1n) is 6.79. The zero-order valence-electron chi connectivity index (χ0n) is 11.3. The summed E-state index contributed by atoms with van der Waals surface area (Å²) >= 11 is 0. The molecular weight excluding hydrogens is 234 g/mol. The van der Waals surface area contributed by atoms with E-state index in [-0.39, 0.29) is 0 Å². The molecular formula is C17H21NO. The Morgan fingerprint density at radius 3 is 2.32 bits per heavy atom. The van der Waals surface area contributed by atoms with Gasteiger partial charge >= 0.3 is 0 Å². The van der Waals surface area contributed by atoms with Gasteiger partial charge in [0.15, 0.2) is 0 Å². The largest absolute Gasteiger partial charge is 0.508 e. The molecule has 0 spiro atoms. The summed E-state index contributed by atoms with van der Waals surface area (Å²) in [6.07, 6.45) is 2.04. The highest BCUT2D eigenvalue weighted by Crippen LogP contribution is 2.09. The molecule has 1 atom stereocenters. The van der Waals surface area contributed by atoms with E-state index >= 15 is 0 Å². The summed E-state index contributed by atoms with van der Waals surface area (Å²) < 4.78 is 0. The van der Waals surface area contributed by atoms with Crippen molar-refractivity contribution >= 4 is 0 Å². The van der Waals surface area contributed by atoms with E-state index in [2.05, 4.69) is 36.5 Å². The van der Waals surface area contributed by atoms with E-state index in [1.165, 1.54) is 11.1 Å². The minimum absolute atomic E-state index is 0.328. The Balaban J connectivity index is 1.72. The van der Waals surface area contributed by atoms with Crippen LogP contribution in [0.15, 0.2) is 54.6 Å². The third kappa shape index (κ3) is 4.76. The zero-order chi connectivity index (χ0) is 13.5. The average Bonchev–Trinajstić information content (AvgIpc) is 2.42. The van der Waals surface area contributed by atoms with Gasteiger partial charge in [0.25, 0.3) is 0 Å². The van der Waals surface area contributed by atoms with Crippen molar-refractivity contribution < 1.29 is 5.11 Å². The van der Waals surface area contributed by atoms with Crippen molar-refractivity contribution in [1.82, 2.24) is 5.32 Å². The maximum atomic E-state index is 9.22. The van der Waals surface area contributed by atoms with Gasteiger partial charge in [-0.25, -0.2) is 0 Å². The molecule has 0 radical (unpaired) electrons. The van der Waals surface area contributed by atoms with E-state index in [0.717, 1.165) is 19.4 Å². The quantitative estimate of drug-likeness (QED) is 0.831. The molecule has 0 aliphatic carbocycles. The Morgan fingerprint density at radius 1 is 0.947 bits per heavy atom. The van der Waals surface area contributed by atoms with Crippen molar-refractivity contribution in [3.63, 3.8) is 0 Å². The van der Waals surface area contributed by atoms with Gasteiger partial charge in [-0.2, -0.15) is 0 Å². The van der Waals surface area contributed by atoms with Gasteiger partial charge in [-0.3, -0.25) is 0 Å². The first kappa shape index (κ1) is 13.6. The van der Waals surface area contributed by atoms with Crippen molar-refractivity contribution in [2.24, 2.45) is 0 Å². The molecule has 19 heavy (non-hydrogen) atoms. The van der Waals surface area contributed by atoms with Crippen LogP contribution in [0.2, 0.25) is 0 Å². The molecule has 0 saturated carbocycles. The molecule has 0 amide bonds. The fraction of sp³-hybridized carbons (Fsp3) is 0.294. The highest BCUT2D eigenvalue weighted by molar-refractivity contribution is 5.26. The van der Waals surface area contributed by atoms with Gasteiger partial charge in [-0.05, 0) is 49.6 Å². The average molecular weight is 255 g/mol. The predicted octanol–water partition coefficient (Wildman–Crippen LogP) is 3.16. The van der Waals surface area contributed by atoms with Gasteiger partial charge < -0.3 is 10.4 Å². The Morgan fingerprint density at radius 2 is 1.63 bits per heavy atom. The molecule has 100 valence electrons. The molecule has 0 aliphatic heterocycles. The van der Waals surface area contributed by atoms with Gasteiger partial charge in [0, 0.05) is 6.04 Å². The Labute approximate surface area is 115 Å². The minimum atomic E-state index is 0.328. The molecule has 2 rings (SSSR count). The SMILES string of the molecule is CC(Cc1ccccc1)NCCc1ccc(O)cc1. The summed E-state index contributed by atoms with van der Waals surface area (Å²) in [7, 11) is 0. The van der Waals surface area contributed by atoms with E-state index in [4.69, 9.17) is 0 Å². The minimum Gasteiger partial charge on any atom is -0.508 e. The number of phenols is 1. The Kier molecular flexibility index (Phi) is 4.99. The molecule has 2 nitrogen and oxygen atoms in total. The smallest absolute Gasteiger partial charge is 0.115 e. The number of rotatable bonds is 6. The van der Waals surface area contributed by atoms with Gasteiger partial charge in [-0.15, -0.1) is 0 Å². The van der Waals surface area contributed by atoms with Crippen LogP contribution in [0.3, 0.4) is 0 Å². The Bertz CT molecular complexity index is 478. The van der Waals surface area contributed by atoms with Gasteiger partial charge in [0.2, 0.25) is 0 Å². The van der Waals surface area contributed by atoms with E-state index in [0.29, 0.717) is 11.8 Å². The highest BCUT2D eigenvalue weighted by Gasteiger charge is 2.02. The standard InChI is InChI=1S/C17H21NO/c1-14(13-16-5-3-2-4-6-16)18-12-11-15-7-9-17(19)10-8-15/h2-10,14,18-19H,11-13H2,1H3. The van der Waals surface area contributed by atoms with Gasteiger partial charge in [-0.1, -0.05) is 42.5 Å². The molecule has 2 N–H and O–H groups in total. The van der Waals surface area contributed by atoms with Crippen LogP contribution in [0.5, 0.6) is 5.75 Å². The van der Waals surface area contributed by atoms with E-state index in [1.54, 1.807) is 12.1 Å². The number of aromatic hydroxyl groups is 1. The summed E-state index contributed by atoms with van der Waals surface area (Å²) in [5.41, 5.74) is 2.62. The summed E-state index contributed by atoms with van der Waals surface area (Å²) in [6.45, 7) is 3.17. The number of phenolic OH excluding ortho intramolecular Hbond substituents is 1. The first-order chi connectivity index (χ1) is 9.24. The van der Waals surface area contributed by atoms with Crippen molar-refractivity contribution in [3.05, 3.63) is 65.7 Å². The third-order valence-electron chi connectivity index (χ3n) is 3.23. The van der Waals surface area contributed by atoms with Crippen molar-refractivity contribution in [2.45, 2.75) is 25.8 Å². The lowest BCUT2D eigenvalue weighted by molar-refractivity contribution is 0.475. The second-order valence-corrected chi connectivity index (χ2v) is 4.96. The lowest BCUT2D eigenvalue weighted by Crippen LogP contribution is -2.29. The molecule has 2 aromatic rings. The van der Waals surface area contributed by atoms with Crippen LogP contribution in [-0.2, 0) is 12.8 Å². The number of nitrogens with one attached hydrogen (secondary N) is 1. The van der Waals surface area contributed by atoms with Crippen LogP contribution in [0.4, 0.5) is 0 Å². The second-order valence-electron chi connectivity index (χ2n) is 4.96. The molecule has 0 bridgehead atoms. The number of hydrogen-bond acceptors (Lipinski definition) is 2. The first-order valence-corrected chi connectivity index (χ1v) is 6.79. The lowest BCUT2D eigenvalue weighted by atomic mass is 10.1. The fourth-order valence-corrected chi connectivity index (χ4v) is 2.17. The van der Waals surface area contributed by atoms with Crippen molar-refractivity contribution in [1.29, 1.82) is 0 Å². The predicted molar refractivity (Wildman–Crippen MR) is 79.4 cm³/mol. The zero-order valence-corrected chi connectivity index (χ0v) is 11.3. The molecule has 0 aromatic heterocycles. The van der Waals surface area contributed by atoms with E-state index < -0.39 is 0 Å².